The Kier molecular flexibility index (Phi) is 9.76. The third kappa shape index (κ3) is 6.71. The molecule has 2 aliphatic carbocycles. The second kappa shape index (κ2) is 14.8. The average molecular weight is 727 g/mol. The number of nitrogens with two attached hydrogens (primary N) is 1. The summed E-state index contributed by atoms with van der Waals surface area (Å²) in [5.74, 6) is 2.16. The number of benzene rings is 2. The van der Waals surface area contributed by atoms with Gasteiger partial charge in [0.05, 0.1) is 23.4 Å². The lowest BCUT2D eigenvalue weighted by Gasteiger charge is -2.29. The molecule has 53 heavy (non-hydrogen) atoms. The number of rotatable bonds is 7. The molecule has 0 amide bonds. The molecular weight excluding hydrogens is 680 g/mol. The van der Waals surface area contributed by atoms with E-state index in [4.69, 9.17) is 10.7 Å². The maximum atomic E-state index is 6.11. The first-order chi connectivity index (χ1) is 25.5. The Labute approximate surface area is 315 Å². The van der Waals surface area contributed by atoms with Crippen molar-refractivity contribution in [3.8, 4) is 0 Å². The lowest BCUT2D eigenvalue weighted by molar-refractivity contribution is 0.176. The molecule has 6 atom stereocenters. The molecule has 10 rings (SSSR count). The molecule has 0 bridgehead atoms. The Hall–Kier alpha value is -5.03. The molecule has 0 spiro atoms. The van der Waals surface area contributed by atoms with Gasteiger partial charge in [-0.25, -0.2) is 19.9 Å². The van der Waals surface area contributed by atoms with Crippen LogP contribution in [0.4, 0.5) is 0 Å². The first-order valence-corrected chi connectivity index (χ1v) is 18.7. The average Bonchev–Trinajstić information content (AvgIpc) is 4.01. The van der Waals surface area contributed by atoms with Crippen LogP contribution in [0.3, 0.4) is 0 Å². The molecule has 2 saturated carbocycles. The lowest BCUT2D eigenvalue weighted by atomic mass is 9.95. The molecule has 2 aliphatic rings. The molecule has 6 aromatic heterocycles. The zero-order chi connectivity index (χ0) is 35.2. The summed E-state index contributed by atoms with van der Waals surface area (Å²) in [4.78, 5) is 27.2. The van der Waals surface area contributed by atoms with E-state index in [9.17, 15) is 0 Å². The highest BCUT2D eigenvalue weighted by molar-refractivity contribution is 5.85. The van der Waals surface area contributed by atoms with E-state index in [0.29, 0.717) is 35.8 Å². The van der Waals surface area contributed by atoms with Crippen molar-refractivity contribution in [2.45, 2.75) is 76.5 Å². The molecule has 272 valence electrons. The molecule has 6 heterocycles. The van der Waals surface area contributed by atoms with E-state index in [1.165, 1.54) is 28.9 Å². The van der Waals surface area contributed by atoms with Crippen LogP contribution >= 0.6 is 12.4 Å². The molecule has 0 aliphatic heterocycles. The SMILES string of the molecule is C[C@@H]1C[C@H](N(Cc2ccccc2)Cc2ccccc2)C[C@@H]1c1cnc2cnc3[nH]ccc3n12.C[C@@H]1C[C@H](N)C[C@@H]1c1cnc2cnc3[nH]ccc3n12.Cl. The number of hydrogen-bond acceptors (Lipinski definition) is 6. The molecule has 2 aromatic carbocycles. The van der Waals surface area contributed by atoms with Crippen LogP contribution in [0.5, 0.6) is 0 Å². The molecule has 0 saturated heterocycles. The van der Waals surface area contributed by atoms with Crippen LogP contribution in [0.1, 0.15) is 73.9 Å². The Balaban J connectivity index is 0.000000170. The van der Waals surface area contributed by atoms with Crippen molar-refractivity contribution in [3.05, 3.63) is 132 Å². The fourth-order valence-corrected chi connectivity index (χ4v) is 9.09. The molecule has 8 aromatic rings. The van der Waals surface area contributed by atoms with Crippen molar-refractivity contribution in [2.24, 2.45) is 17.6 Å². The van der Waals surface area contributed by atoms with E-state index in [2.05, 4.69) is 131 Å². The topological polar surface area (TPSA) is 121 Å². The third-order valence-electron chi connectivity index (χ3n) is 11.6. The van der Waals surface area contributed by atoms with Crippen LogP contribution in [0, 0.1) is 11.8 Å². The lowest BCUT2D eigenvalue weighted by Crippen LogP contribution is -2.32. The van der Waals surface area contributed by atoms with Gasteiger partial charge in [0.15, 0.2) is 22.6 Å². The normalized spacial score (nSPS) is 22.9. The predicted molar refractivity (Wildman–Crippen MR) is 213 cm³/mol. The summed E-state index contributed by atoms with van der Waals surface area (Å²) in [6, 6.07) is 26.7. The Bertz CT molecular complexity index is 2390. The monoisotopic (exact) mass is 726 g/mol. The van der Waals surface area contributed by atoms with Crippen LogP contribution < -0.4 is 5.73 Å². The molecule has 2 fully saturated rings. The fraction of sp³-hybridized carbons (Fsp3) is 0.333. The van der Waals surface area contributed by atoms with Gasteiger partial charge in [-0.1, -0.05) is 74.5 Å². The van der Waals surface area contributed by atoms with E-state index in [1.54, 1.807) is 0 Å². The molecule has 11 heteroatoms. The summed E-state index contributed by atoms with van der Waals surface area (Å²) < 4.78 is 4.53. The number of hydrogen-bond donors (Lipinski definition) is 3. The maximum absolute atomic E-state index is 6.11. The molecular formula is C42H47ClN10. The van der Waals surface area contributed by atoms with E-state index >= 15 is 0 Å². The predicted octanol–water partition coefficient (Wildman–Crippen LogP) is 8.27. The first-order valence-electron chi connectivity index (χ1n) is 18.7. The van der Waals surface area contributed by atoms with Crippen LogP contribution in [-0.4, -0.2) is 55.7 Å². The van der Waals surface area contributed by atoms with Gasteiger partial charge in [0.25, 0.3) is 0 Å². The van der Waals surface area contributed by atoms with Crippen molar-refractivity contribution in [2.75, 3.05) is 0 Å². The molecule has 0 unspecified atom stereocenters. The summed E-state index contributed by atoms with van der Waals surface area (Å²) in [5.41, 5.74) is 17.3. The van der Waals surface area contributed by atoms with Crippen LogP contribution in [0.15, 0.2) is 110 Å². The highest BCUT2D eigenvalue weighted by atomic mass is 35.5. The quantitative estimate of drug-likeness (QED) is 0.152. The van der Waals surface area contributed by atoms with Gasteiger partial charge in [0, 0.05) is 73.2 Å². The second-order valence-electron chi connectivity index (χ2n) is 15.1. The zero-order valence-corrected chi connectivity index (χ0v) is 31.0. The van der Waals surface area contributed by atoms with Crippen molar-refractivity contribution < 1.29 is 0 Å². The Morgan fingerprint density at radius 2 is 1.11 bits per heavy atom. The largest absolute Gasteiger partial charge is 0.345 e. The number of fused-ring (bicyclic) bond motifs is 6. The van der Waals surface area contributed by atoms with E-state index in [1.807, 2.05) is 31.0 Å². The first kappa shape index (κ1) is 35.0. The summed E-state index contributed by atoms with van der Waals surface area (Å²) in [5, 5.41) is 0. The number of aromatic amines is 2. The molecule has 0 radical (unpaired) electrons. The minimum absolute atomic E-state index is 0. The summed E-state index contributed by atoms with van der Waals surface area (Å²) in [6.07, 6.45) is 16.1. The van der Waals surface area contributed by atoms with Gasteiger partial charge in [-0.15, -0.1) is 12.4 Å². The van der Waals surface area contributed by atoms with Gasteiger partial charge in [-0.05, 0) is 60.8 Å². The minimum Gasteiger partial charge on any atom is -0.345 e. The summed E-state index contributed by atoms with van der Waals surface area (Å²) >= 11 is 0. The van der Waals surface area contributed by atoms with Gasteiger partial charge < -0.3 is 15.7 Å². The third-order valence-corrected chi connectivity index (χ3v) is 11.6. The zero-order valence-electron chi connectivity index (χ0n) is 30.2. The van der Waals surface area contributed by atoms with Crippen LogP contribution in [0.2, 0.25) is 0 Å². The van der Waals surface area contributed by atoms with Gasteiger partial charge in [-0.3, -0.25) is 13.7 Å². The van der Waals surface area contributed by atoms with Gasteiger partial charge in [0.1, 0.15) is 0 Å². The Morgan fingerprint density at radius 3 is 1.60 bits per heavy atom. The standard InChI is InChI=1S/C28H29N5.C14H17N5.ClH/c1-20-14-23(32(18-21-8-4-2-5-9-21)19-22-10-6-3-7-11-22)15-24(20)26-16-30-27-17-31-28-25(33(26)27)12-13-29-28;1-8-4-9(15)5-10(8)12-6-17-13-7-18-14-11(19(12)13)2-3-16-14;/h2-13,16-17,20,23-24,29H,14-15,18-19H2,1H3;2-3,6-10,16H,4-5,15H2,1H3;1H/t20-,23+,24+;8-,9+,10+;/m11./s1. The van der Waals surface area contributed by atoms with Crippen molar-refractivity contribution >= 4 is 46.0 Å². The van der Waals surface area contributed by atoms with E-state index in [0.717, 1.165) is 66.0 Å². The maximum Gasteiger partial charge on any atom is 0.156 e. The minimum atomic E-state index is 0. The number of nitrogens with zero attached hydrogens (tertiary/aromatic N) is 7. The van der Waals surface area contributed by atoms with Gasteiger partial charge >= 0.3 is 0 Å². The fourth-order valence-electron chi connectivity index (χ4n) is 9.09. The highest BCUT2D eigenvalue weighted by Crippen LogP contribution is 2.43. The smallest absolute Gasteiger partial charge is 0.156 e. The molecule has 10 nitrogen and oxygen atoms in total. The number of aromatic nitrogens is 8. The van der Waals surface area contributed by atoms with E-state index in [-0.39, 0.29) is 12.4 Å². The summed E-state index contributed by atoms with van der Waals surface area (Å²) in [7, 11) is 0. The van der Waals surface area contributed by atoms with E-state index < -0.39 is 0 Å². The number of imidazole rings is 2. The number of H-pyrrole nitrogens is 2. The Morgan fingerprint density at radius 1 is 0.623 bits per heavy atom. The number of halogens is 1. The van der Waals surface area contributed by atoms with Gasteiger partial charge in [0.2, 0.25) is 0 Å². The molecule has 4 N–H and O–H groups in total. The van der Waals surface area contributed by atoms with Crippen LogP contribution in [0.25, 0.3) is 33.6 Å². The van der Waals surface area contributed by atoms with Gasteiger partial charge in [-0.2, -0.15) is 0 Å². The van der Waals surface area contributed by atoms with Crippen LogP contribution in [-0.2, 0) is 13.1 Å². The van der Waals surface area contributed by atoms with Crippen molar-refractivity contribution in [1.82, 2.24) is 43.6 Å². The van der Waals surface area contributed by atoms with Crippen molar-refractivity contribution in [1.29, 1.82) is 0 Å². The second-order valence-corrected chi connectivity index (χ2v) is 15.1. The summed E-state index contributed by atoms with van der Waals surface area (Å²) in [6.45, 7) is 6.63. The highest BCUT2D eigenvalue weighted by Gasteiger charge is 2.37. The number of nitrogens with one attached hydrogen (secondary N) is 2. The van der Waals surface area contributed by atoms with Crippen molar-refractivity contribution in [3.63, 3.8) is 0 Å².